The lowest BCUT2D eigenvalue weighted by Gasteiger charge is -2.24. The molecule has 0 saturated heterocycles. The minimum Gasteiger partial charge on any atom is -0.447 e. The highest BCUT2D eigenvalue weighted by Gasteiger charge is 2.22. The highest BCUT2D eigenvalue weighted by atomic mass is 35.5. The van der Waals surface area contributed by atoms with Gasteiger partial charge >= 0.3 is 6.09 Å². The van der Waals surface area contributed by atoms with E-state index >= 15 is 0 Å². The van der Waals surface area contributed by atoms with Gasteiger partial charge in [0.1, 0.15) is 0 Å². The monoisotopic (exact) mass is 329 g/mol. The van der Waals surface area contributed by atoms with Crippen molar-refractivity contribution in [2.75, 3.05) is 13.1 Å². The number of halogens is 2. The molecule has 1 aliphatic rings. The van der Waals surface area contributed by atoms with Crippen molar-refractivity contribution in [1.29, 1.82) is 0 Å². The van der Waals surface area contributed by atoms with E-state index in [9.17, 15) is 4.79 Å². The normalized spacial score (nSPS) is 18.0. The SMILES string of the molecule is CC(C)OC(=O)NC1=NCC(c2c(Cl)cccc2Cl)CN1. The van der Waals surface area contributed by atoms with Crippen LogP contribution in [0.1, 0.15) is 25.3 Å². The summed E-state index contributed by atoms with van der Waals surface area (Å²) in [5.74, 6) is 0.470. The predicted octanol–water partition coefficient (Wildman–Crippen LogP) is 3.17. The first-order valence-electron chi connectivity index (χ1n) is 6.67. The number of ether oxygens (including phenoxy) is 1. The third-order valence-electron chi connectivity index (χ3n) is 2.96. The van der Waals surface area contributed by atoms with Gasteiger partial charge in [-0.1, -0.05) is 29.3 Å². The van der Waals surface area contributed by atoms with Crippen LogP contribution in [-0.4, -0.2) is 31.2 Å². The number of aliphatic imine (C=N–C) groups is 1. The van der Waals surface area contributed by atoms with Crippen molar-refractivity contribution in [2.45, 2.75) is 25.9 Å². The topological polar surface area (TPSA) is 62.7 Å². The lowest BCUT2D eigenvalue weighted by molar-refractivity contribution is 0.120. The molecule has 1 atom stereocenters. The summed E-state index contributed by atoms with van der Waals surface area (Å²) >= 11 is 12.4. The molecule has 1 aliphatic heterocycles. The zero-order valence-electron chi connectivity index (χ0n) is 11.8. The van der Waals surface area contributed by atoms with Crippen LogP contribution in [0.3, 0.4) is 0 Å². The van der Waals surface area contributed by atoms with Crippen molar-refractivity contribution in [3.8, 4) is 0 Å². The van der Waals surface area contributed by atoms with Gasteiger partial charge in [-0.25, -0.2) is 4.79 Å². The third-order valence-corrected chi connectivity index (χ3v) is 3.62. The standard InChI is InChI=1S/C14H17Cl2N3O2/c1-8(2)21-14(20)19-13-17-6-9(7-18-13)12-10(15)4-3-5-11(12)16/h3-5,8-9H,6-7H2,1-2H3,(H2,17,18,19,20). The Balaban J connectivity index is 2.00. The van der Waals surface area contributed by atoms with E-state index in [1.54, 1.807) is 26.0 Å². The molecule has 0 fully saturated rings. The summed E-state index contributed by atoms with van der Waals surface area (Å²) in [5.41, 5.74) is 0.876. The number of benzene rings is 1. The molecule has 1 aromatic rings. The Morgan fingerprint density at radius 2 is 2.10 bits per heavy atom. The van der Waals surface area contributed by atoms with Crippen molar-refractivity contribution in [1.82, 2.24) is 10.6 Å². The molecule has 2 N–H and O–H groups in total. The van der Waals surface area contributed by atoms with Gasteiger partial charge in [0.05, 0.1) is 12.6 Å². The van der Waals surface area contributed by atoms with Gasteiger partial charge < -0.3 is 10.1 Å². The lowest BCUT2D eigenvalue weighted by Crippen LogP contribution is -2.46. The number of rotatable bonds is 2. The van der Waals surface area contributed by atoms with Crippen LogP contribution in [0.4, 0.5) is 4.79 Å². The van der Waals surface area contributed by atoms with Crippen molar-refractivity contribution < 1.29 is 9.53 Å². The number of amides is 1. The summed E-state index contributed by atoms with van der Waals surface area (Å²) in [6, 6.07) is 5.42. The van der Waals surface area contributed by atoms with Crippen LogP contribution in [0, 0.1) is 0 Å². The summed E-state index contributed by atoms with van der Waals surface area (Å²) in [7, 11) is 0. The quantitative estimate of drug-likeness (QED) is 0.875. The summed E-state index contributed by atoms with van der Waals surface area (Å²) in [6.07, 6.45) is -0.700. The summed E-state index contributed by atoms with van der Waals surface area (Å²) in [6.45, 7) is 4.65. The first-order valence-corrected chi connectivity index (χ1v) is 7.43. The van der Waals surface area contributed by atoms with Gasteiger partial charge in [0.25, 0.3) is 0 Å². The fraction of sp³-hybridized carbons (Fsp3) is 0.429. The maximum atomic E-state index is 11.5. The fourth-order valence-corrected chi connectivity index (χ4v) is 2.77. The zero-order chi connectivity index (χ0) is 15.4. The Bertz CT molecular complexity index is 541. The van der Waals surface area contributed by atoms with E-state index in [1.807, 2.05) is 6.07 Å². The molecule has 114 valence electrons. The fourth-order valence-electron chi connectivity index (χ4n) is 2.06. The second-order valence-electron chi connectivity index (χ2n) is 4.98. The second-order valence-corrected chi connectivity index (χ2v) is 5.80. The summed E-state index contributed by atoms with van der Waals surface area (Å²) in [4.78, 5) is 15.8. The summed E-state index contributed by atoms with van der Waals surface area (Å²) < 4.78 is 4.99. The van der Waals surface area contributed by atoms with E-state index < -0.39 is 6.09 Å². The molecule has 0 spiro atoms. The lowest BCUT2D eigenvalue weighted by atomic mass is 9.98. The Labute approximate surface area is 133 Å². The molecule has 0 aliphatic carbocycles. The predicted molar refractivity (Wildman–Crippen MR) is 84.3 cm³/mol. The highest BCUT2D eigenvalue weighted by molar-refractivity contribution is 6.36. The molecule has 0 radical (unpaired) electrons. The summed E-state index contributed by atoms with van der Waals surface area (Å²) in [5, 5.41) is 6.86. The van der Waals surface area contributed by atoms with Gasteiger partial charge in [0, 0.05) is 22.5 Å². The smallest absolute Gasteiger partial charge is 0.414 e. The maximum absolute atomic E-state index is 11.5. The third kappa shape index (κ3) is 4.25. The van der Waals surface area contributed by atoms with Crippen molar-refractivity contribution in [3.63, 3.8) is 0 Å². The van der Waals surface area contributed by atoms with Crippen LogP contribution >= 0.6 is 23.2 Å². The number of hydrogen-bond donors (Lipinski definition) is 2. The zero-order valence-corrected chi connectivity index (χ0v) is 13.3. The van der Waals surface area contributed by atoms with Crippen LogP contribution in [0.25, 0.3) is 0 Å². The largest absolute Gasteiger partial charge is 0.447 e. The van der Waals surface area contributed by atoms with E-state index in [0.717, 1.165) is 5.56 Å². The first-order chi connectivity index (χ1) is 9.97. The van der Waals surface area contributed by atoms with E-state index in [0.29, 0.717) is 29.1 Å². The Morgan fingerprint density at radius 3 is 2.62 bits per heavy atom. The van der Waals surface area contributed by atoms with E-state index in [-0.39, 0.29) is 12.0 Å². The molecular formula is C14H17Cl2N3O2. The molecule has 1 aromatic carbocycles. The van der Waals surface area contributed by atoms with Crippen molar-refractivity contribution in [2.24, 2.45) is 4.99 Å². The van der Waals surface area contributed by atoms with Crippen LogP contribution in [-0.2, 0) is 4.74 Å². The van der Waals surface area contributed by atoms with Crippen LogP contribution in [0.2, 0.25) is 10.0 Å². The first kappa shape index (κ1) is 15.9. The highest BCUT2D eigenvalue weighted by Crippen LogP contribution is 2.32. The number of carbonyl (C=O) groups is 1. The number of guanidine groups is 1. The van der Waals surface area contributed by atoms with Crippen LogP contribution in [0.15, 0.2) is 23.2 Å². The molecule has 0 aromatic heterocycles. The molecule has 0 bridgehead atoms. The minimum absolute atomic E-state index is 0.0675. The van der Waals surface area contributed by atoms with Crippen LogP contribution in [0.5, 0.6) is 0 Å². The Hall–Kier alpha value is -1.46. The molecule has 21 heavy (non-hydrogen) atoms. The van der Waals surface area contributed by atoms with Gasteiger partial charge in [-0.2, -0.15) is 0 Å². The number of hydrogen-bond acceptors (Lipinski definition) is 4. The molecule has 7 heteroatoms. The molecule has 5 nitrogen and oxygen atoms in total. The van der Waals surface area contributed by atoms with Gasteiger partial charge in [0.15, 0.2) is 0 Å². The van der Waals surface area contributed by atoms with Gasteiger partial charge in [-0.3, -0.25) is 10.3 Å². The average molecular weight is 330 g/mol. The molecule has 2 rings (SSSR count). The van der Waals surface area contributed by atoms with E-state index in [1.165, 1.54) is 0 Å². The Kier molecular flexibility index (Phi) is 5.31. The average Bonchev–Trinajstić information content (AvgIpc) is 2.39. The molecule has 0 saturated carbocycles. The van der Waals surface area contributed by atoms with E-state index in [2.05, 4.69) is 15.6 Å². The molecule has 1 amide bonds. The second kappa shape index (κ2) is 7.00. The van der Waals surface area contributed by atoms with E-state index in [4.69, 9.17) is 27.9 Å². The molecular weight excluding hydrogens is 313 g/mol. The number of alkyl carbamates (subject to hydrolysis) is 1. The molecule has 1 unspecified atom stereocenters. The van der Waals surface area contributed by atoms with Gasteiger partial charge in [0.2, 0.25) is 5.96 Å². The van der Waals surface area contributed by atoms with Crippen molar-refractivity contribution in [3.05, 3.63) is 33.8 Å². The van der Waals surface area contributed by atoms with Gasteiger partial charge in [-0.05, 0) is 31.5 Å². The van der Waals surface area contributed by atoms with Gasteiger partial charge in [-0.15, -0.1) is 0 Å². The van der Waals surface area contributed by atoms with Crippen molar-refractivity contribution >= 4 is 35.3 Å². The minimum atomic E-state index is -0.523. The van der Waals surface area contributed by atoms with Crippen LogP contribution < -0.4 is 10.6 Å². The Morgan fingerprint density at radius 1 is 1.43 bits per heavy atom. The number of carbonyl (C=O) groups excluding carboxylic acids is 1. The number of nitrogens with one attached hydrogen (secondary N) is 2. The molecule has 1 heterocycles. The maximum Gasteiger partial charge on any atom is 0.414 e. The number of nitrogens with zero attached hydrogens (tertiary/aromatic N) is 1.